The third kappa shape index (κ3) is 5.18. The topological polar surface area (TPSA) is 96.1 Å². The van der Waals surface area contributed by atoms with E-state index in [0.29, 0.717) is 18.0 Å². The first-order valence-corrected chi connectivity index (χ1v) is 9.24. The molecule has 0 atom stereocenters. The lowest BCUT2D eigenvalue weighted by atomic mass is 10.2. The molecule has 1 aromatic heterocycles. The van der Waals surface area contributed by atoms with Crippen molar-refractivity contribution in [1.82, 2.24) is 15.0 Å². The van der Waals surface area contributed by atoms with Crippen molar-refractivity contribution >= 4 is 18.4 Å². The first-order valence-electron chi connectivity index (χ1n) is 8.84. The molecule has 1 aromatic carbocycles. The van der Waals surface area contributed by atoms with Crippen molar-refractivity contribution in [3.05, 3.63) is 45.0 Å². The molecular weight excluding hydrogens is 366 g/mol. The minimum Gasteiger partial charge on any atom is -0.497 e. The molecular formula is C18H26N5O3S+. The molecule has 0 aliphatic heterocycles. The van der Waals surface area contributed by atoms with Crippen molar-refractivity contribution in [2.45, 2.75) is 13.8 Å². The van der Waals surface area contributed by atoms with Crippen molar-refractivity contribution in [2.24, 2.45) is 5.10 Å². The molecule has 0 amide bonds. The van der Waals surface area contributed by atoms with Crippen LogP contribution in [0.25, 0.3) is 5.69 Å². The lowest BCUT2D eigenvalue weighted by molar-refractivity contribution is -0.895. The molecule has 0 unspecified atom stereocenters. The van der Waals surface area contributed by atoms with E-state index in [2.05, 4.69) is 29.4 Å². The smallest absolute Gasteiger partial charge is 0.264 e. The van der Waals surface area contributed by atoms with Crippen molar-refractivity contribution in [3.63, 3.8) is 0 Å². The van der Waals surface area contributed by atoms with E-state index in [1.165, 1.54) is 15.7 Å². The number of hydrogen-bond acceptors (Lipinski definition) is 6. The van der Waals surface area contributed by atoms with Gasteiger partial charge in [0.1, 0.15) is 11.3 Å². The number of ether oxygens (including phenoxy) is 1. The summed E-state index contributed by atoms with van der Waals surface area (Å²) in [7, 11) is 1.57. The number of H-pyrrole nitrogens is 1. The summed E-state index contributed by atoms with van der Waals surface area (Å²) in [5, 5.41) is 14.6. The average Bonchev–Trinajstić information content (AvgIpc) is 2.67. The van der Waals surface area contributed by atoms with Gasteiger partial charge in [-0.15, -0.1) is 0 Å². The van der Waals surface area contributed by atoms with Crippen LogP contribution < -0.4 is 20.6 Å². The third-order valence-electron chi connectivity index (χ3n) is 4.33. The average molecular weight is 393 g/mol. The highest BCUT2D eigenvalue weighted by atomic mass is 32.1. The van der Waals surface area contributed by atoms with E-state index in [0.717, 1.165) is 19.6 Å². The van der Waals surface area contributed by atoms with Crippen LogP contribution in [0.3, 0.4) is 0 Å². The summed E-state index contributed by atoms with van der Waals surface area (Å²) >= 11 is 5.19. The number of aromatic nitrogens is 2. The van der Waals surface area contributed by atoms with Crippen molar-refractivity contribution in [2.75, 3.05) is 33.3 Å². The quantitative estimate of drug-likeness (QED) is 0.215. The molecule has 4 N–H and O–H groups in total. The van der Waals surface area contributed by atoms with Gasteiger partial charge in [-0.3, -0.25) is 14.3 Å². The summed E-state index contributed by atoms with van der Waals surface area (Å²) in [6.07, 6.45) is 1.31. The number of nitrogens with zero attached hydrogens (tertiary/aromatic N) is 2. The molecule has 0 aliphatic carbocycles. The number of benzene rings is 1. The summed E-state index contributed by atoms with van der Waals surface area (Å²) in [5.74, 6) is 0.407. The molecule has 2 rings (SSSR count). The van der Waals surface area contributed by atoms with E-state index in [1.807, 2.05) is 0 Å². The summed E-state index contributed by atoms with van der Waals surface area (Å²) in [6.45, 7) is 7.95. The zero-order chi connectivity index (χ0) is 19.8. The molecule has 0 saturated carbocycles. The van der Waals surface area contributed by atoms with Crippen LogP contribution in [0.5, 0.6) is 11.6 Å². The second kappa shape index (κ2) is 9.89. The Balaban J connectivity index is 2.23. The van der Waals surface area contributed by atoms with E-state index in [1.54, 1.807) is 31.4 Å². The monoisotopic (exact) mass is 392 g/mol. The van der Waals surface area contributed by atoms with Crippen LogP contribution in [0.4, 0.5) is 0 Å². The fourth-order valence-electron chi connectivity index (χ4n) is 2.64. The standard InChI is InChI=1S/C18H25N5O3S/c1-4-22(5-2)11-10-19-20-12-15-16(24)21-18(27)23(17(15)25)13-6-8-14(26-3)9-7-13/h6-9,12,19,25H,4-5,10-11H2,1-3H3,(H,21,24,27)/p+1/b20-12+. The van der Waals surface area contributed by atoms with E-state index in [4.69, 9.17) is 17.0 Å². The molecule has 0 bridgehead atoms. The number of aromatic hydroxyl groups is 1. The van der Waals surface area contributed by atoms with Gasteiger partial charge >= 0.3 is 0 Å². The van der Waals surface area contributed by atoms with Crippen molar-refractivity contribution in [3.8, 4) is 17.3 Å². The molecule has 2 aromatic rings. The molecule has 146 valence electrons. The molecule has 0 fully saturated rings. The predicted molar refractivity (Wildman–Crippen MR) is 108 cm³/mol. The maximum atomic E-state index is 12.2. The van der Waals surface area contributed by atoms with E-state index < -0.39 is 5.56 Å². The Labute approximate surface area is 163 Å². The van der Waals surface area contributed by atoms with Gasteiger partial charge in [-0.2, -0.15) is 5.10 Å². The largest absolute Gasteiger partial charge is 0.497 e. The van der Waals surface area contributed by atoms with Crippen LogP contribution in [0.1, 0.15) is 19.4 Å². The van der Waals surface area contributed by atoms with Crippen molar-refractivity contribution < 1.29 is 14.7 Å². The number of hydrogen-bond donors (Lipinski definition) is 4. The van der Waals surface area contributed by atoms with Gasteiger partial charge < -0.3 is 20.2 Å². The fraction of sp³-hybridized carbons (Fsp3) is 0.389. The number of likely N-dealkylation sites (N-methyl/N-ethyl adjacent to an activating group) is 1. The maximum absolute atomic E-state index is 12.2. The minimum atomic E-state index is -0.498. The molecule has 9 heteroatoms. The lowest BCUT2D eigenvalue weighted by Gasteiger charge is -2.14. The number of hydrazone groups is 1. The highest BCUT2D eigenvalue weighted by molar-refractivity contribution is 7.71. The summed E-state index contributed by atoms with van der Waals surface area (Å²) in [4.78, 5) is 16.2. The summed E-state index contributed by atoms with van der Waals surface area (Å²) < 4.78 is 6.60. The van der Waals surface area contributed by atoms with Crippen LogP contribution in [0, 0.1) is 4.77 Å². The van der Waals surface area contributed by atoms with Crippen LogP contribution in [-0.2, 0) is 0 Å². The fourth-order valence-corrected chi connectivity index (χ4v) is 2.92. The van der Waals surface area contributed by atoms with Crippen LogP contribution in [-0.4, -0.2) is 54.2 Å². The Hall–Kier alpha value is -2.65. The van der Waals surface area contributed by atoms with Gasteiger partial charge in [-0.05, 0) is 50.3 Å². The molecule has 1 heterocycles. The normalized spacial score (nSPS) is 11.3. The van der Waals surface area contributed by atoms with E-state index in [-0.39, 0.29) is 16.2 Å². The van der Waals surface area contributed by atoms with E-state index in [9.17, 15) is 9.90 Å². The maximum Gasteiger partial charge on any atom is 0.264 e. The highest BCUT2D eigenvalue weighted by Gasteiger charge is 2.12. The Kier molecular flexibility index (Phi) is 7.56. The molecule has 0 aliphatic rings. The molecule has 0 saturated heterocycles. The molecule has 0 spiro atoms. The molecule has 0 radical (unpaired) electrons. The summed E-state index contributed by atoms with van der Waals surface area (Å²) in [5.41, 5.74) is 3.04. The SMILES string of the molecule is CC[NH+](CC)CCN/N=C/c1c(O)n(-c2ccc(OC)cc2)c(=S)[nH]c1=O. The summed E-state index contributed by atoms with van der Waals surface area (Å²) in [6, 6.07) is 6.95. The number of rotatable bonds is 9. The molecule has 8 nitrogen and oxygen atoms in total. The minimum absolute atomic E-state index is 0.0297. The zero-order valence-electron chi connectivity index (χ0n) is 15.8. The second-order valence-corrected chi connectivity index (χ2v) is 6.29. The first kappa shape index (κ1) is 20.7. The van der Waals surface area contributed by atoms with Gasteiger partial charge in [0.2, 0.25) is 5.88 Å². The Bertz CT molecular complexity index is 885. The van der Waals surface area contributed by atoms with Gasteiger partial charge in [0.25, 0.3) is 5.56 Å². The van der Waals surface area contributed by atoms with Crippen molar-refractivity contribution in [1.29, 1.82) is 0 Å². The van der Waals surface area contributed by atoms with Crippen LogP contribution in [0.2, 0.25) is 0 Å². The van der Waals surface area contributed by atoms with E-state index >= 15 is 0 Å². The van der Waals surface area contributed by atoms with Gasteiger partial charge in [0.05, 0.1) is 45.2 Å². The Morgan fingerprint density at radius 2 is 2.00 bits per heavy atom. The highest BCUT2D eigenvalue weighted by Crippen LogP contribution is 2.20. The van der Waals surface area contributed by atoms with Crippen LogP contribution in [0.15, 0.2) is 34.2 Å². The van der Waals surface area contributed by atoms with Crippen LogP contribution >= 0.6 is 12.2 Å². The van der Waals surface area contributed by atoms with Gasteiger partial charge in [-0.25, -0.2) is 0 Å². The number of quaternary nitrogens is 1. The first-order chi connectivity index (χ1) is 13.0. The number of nitrogens with one attached hydrogen (secondary N) is 3. The second-order valence-electron chi connectivity index (χ2n) is 5.90. The van der Waals surface area contributed by atoms with Gasteiger partial charge in [0.15, 0.2) is 4.77 Å². The number of methoxy groups -OCH3 is 1. The Morgan fingerprint density at radius 3 is 2.59 bits per heavy atom. The number of aromatic amines is 1. The van der Waals surface area contributed by atoms with Gasteiger partial charge in [-0.1, -0.05) is 0 Å². The lowest BCUT2D eigenvalue weighted by Crippen LogP contribution is -3.12. The third-order valence-corrected chi connectivity index (χ3v) is 4.61. The zero-order valence-corrected chi connectivity index (χ0v) is 16.6. The van der Waals surface area contributed by atoms with Gasteiger partial charge in [0, 0.05) is 0 Å². The molecule has 27 heavy (non-hydrogen) atoms. The Morgan fingerprint density at radius 1 is 1.33 bits per heavy atom. The predicted octanol–water partition coefficient (Wildman–Crippen LogP) is 0.457.